The van der Waals surface area contributed by atoms with E-state index in [0.29, 0.717) is 11.1 Å². The molecular formula is C22H22N4. The number of hydrogen-bond donors (Lipinski definition) is 2. The number of rotatable bonds is 4. The Kier molecular flexibility index (Phi) is 5.60. The number of nitriles is 2. The van der Waals surface area contributed by atoms with Crippen LogP contribution in [-0.2, 0) is 0 Å². The largest absolute Gasteiger partial charge is 0.357 e. The van der Waals surface area contributed by atoms with Crippen LogP contribution in [0.1, 0.15) is 48.8 Å². The van der Waals surface area contributed by atoms with Gasteiger partial charge in [0.05, 0.1) is 16.8 Å². The molecule has 0 radical (unpaired) electrons. The zero-order chi connectivity index (χ0) is 19.4. The lowest BCUT2D eigenvalue weighted by atomic mass is 9.89. The van der Waals surface area contributed by atoms with E-state index in [-0.39, 0.29) is 5.71 Å². The van der Waals surface area contributed by atoms with Gasteiger partial charge in [0.25, 0.3) is 0 Å². The highest BCUT2D eigenvalue weighted by molar-refractivity contribution is 6.01. The minimum absolute atomic E-state index is 0.244. The summed E-state index contributed by atoms with van der Waals surface area (Å²) in [7, 11) is 0. The Morgan fingerprint density at radius 3 is 2.08 bits per heavy atom. The number of aromatic amines is 1. The second kappa shape index (κ2) is 7.68. The van der Waals surface area contributed by atoms with Crippen LogP contribution in [0.4, 0.5) is 0 Å². The van der Waals surface area contributed by atoms with Gasteiger partial charge in [0.2, 0.25) is 0 Å². The van der Waals surface area contributed by atoms with Crippen molar-refractivity contribution in [3.8, 4) is 12.1 Å². The van der Waals surface area contributed by atoms with Gasteiger partial charge in [-0.1, -0.05) is 30.3 Å². The number of nitrogens with one attached hydrogen (secondary N) is 2. The van der Waals surface area contributed by atoms with Crippen LogP contribution >= 0.6 is 0 Å². The molecule has 0 unspecified atom stereocenters. The summed E-state index contributed by atoms with van der Waals surface area (Å²) in [5.74, 6) is 0. The SMILES string of the molecule is CC(=N)/C(C#N)=C(C)\C(C)=C(/c1ccccc1)c1[nH]c(C)c(C#N)c1C. The lowest BCUT2D eigenvalue weighted by Gasteiger charge is -2.15. The number of hydrogen-bond acceptors (Lipinski definition) is 3. The standard InChI is InChI=1S/C22H22N4/c1-13(19(11-23)16(4)25)14(2)21(18-9-7-6-8-10-18)22-15(3)20(12-24)17(5)26-22/h6-10,25-26H,1-5H3/b19-13-,21-14+,25-16?. The summed E-state index contributed by atoms with van der Waals surface area (Å²) in [6.45, 7) is 9.26. The highest BCUT2D eigenvalue weighted by Gasteiger charge is 2.19. The Morgan fingerprint density at radius 1 is 1.00 bits per heavy atom. The third-order valence-electron chi connectivity index (χ3n) is 4.66. The highest BCUT2D eigenvalue weighted by atomic mass is 14.7. The Morgan fingerprint density at radius 2 is 1.62 bits per heavy atom. The van der Waals surface area contributed by atoms with Crippen LogP contribution in [0.5, 0.6) is 0 Å². The molecule has 0 saturated carbocycles. The molecular weight excluding hydrogens is 320 g/mol. The van der Waals surface area contributed by atoms with Gasteiger partial charge in [-0.05, 0) is 56.9 Å². The minimum Gasteiger partial charge on any atom is -0.357 e. The predicted octanol–water partition coefficient (Wildman–Crippen LogP) is 5.20. The summed E-state index contributed by atoms with van der Waals surface area (Å²) in [6, 6.07) is 14.3. The van der Waals surface area contributed by atoms with Crippen molar-refractivity contribution in [1.82, 2.24) is 4.98 Å². The second-order valence-electron chi connectivity index (χ2n) is 6.34. The molecule has 1 aromatic carbocycles. The van der Waals surface area contributed by atoms with Gasteiger partial charge >= 0.3 is 0 Å². The van der Waals surface area contributed by atoms with Crippen LogP contribution < -0.4 is 0 Å². The van der Waals surface area contributed by atoms with E-state index in [1.54, 1.807) is 6.92 Å². The van der Waals surface area contributed by atoms with Gasteiger partial charge in [-0.2, -0.15) is 10.5 Å². The Bertz CT molecular complexity index is 1000. The normalized spacial score (nSPS) is 12.6. The molecule has 2 aromatic rings. The lowest BCUT2D eigenvalue weighted by molar-refractivity contribution is 1.21. The summed E-state index contributed by atoms with van der Waals surface area (Å²) in [5, 5.41) is 26.8. The topological polar surface area (TPSA) is 87.2 Å². The van der Waals surface area contributed by atoms with Gasteiger partial charge < -0.3 is 10.4 Å². The first kappa shape index (κ1) is 19.0. The molecule has 0 fully saturated rings. The van der Waals surface area contributed by atoms with E-state index < -0.39 is 0 Å². The first-order valence-electron chi connectivity index (χ1n) is 8.36. The molecule has 0 bridgehead atoms. The van der Waals surface area contributed by atoms with Crippen molar-refractivity contribution < 1.29 is 0 Å². The number of allylic oxidation sites excluding steroid dienone is 3. The van der Waals surface area contributed by atoms with Gasteiger partial charge in [-0.3, -0.25) is 0 Å². The van der Waals surface area contributed by atoms with Gasteiger partial charge in [0, 0.05) is 17.0 Å². The average Bonchev–Trinajstić information content (AvgIpc) is 2.89. The van der Waals surface area contributed by atoms with Crippen molar-refractivity contribution in [2.75, 3.05) is 0 Å². The molecule has 2 rings (SSSR count). The van der Waals surface area contributed by atoms with Crippen LogP contribution in [0, 0.1) is 41.9 Å². The Hall–Kier alpha value is -3.37. The zero-order valence-electron chi connectivity index (χ0n) is 15.8. The molecule has 4 nitrogen and oxygen atoms in total. The fourth-order valence-electron chi connectivity index (χ4n) is 3.14. The van der Waals surface area contributed by atoms with Gasteiger partial charge in [0.1, 0.15) is 12.1 Å². The maximum absolute atomic E-state index is 9.46. The molecule has 1 aromatic heterocycles. The number of benzene rings is 1. The molecule has 0 saturated heterocycles. The number of aromatic nitrogens is 1. The fourth-order valence-corrected chi connectivity index (χ4v) is 3.14. The maximum atomic E-state index is 9.46. The molecule has 1 heterocycles. The van der Waals surface area contributed by atoms with Crippen molar-refractivity contribution >= 4 is 11.3 Å². The van der Waals surface area contributed by atoms with E-state index in [0.717, 1.165) is 39.2 Å². The van der Waals surface area contributed by atoms with Crippen molar-refractivity contribution in [3.63, 3.8) is 0 Å². The summed E-state index contributed by atoms with van der Waals surface area (Å²) < 4.78 is 0. The molecule has 0 atom stereocenters. The number of H-pyrrole nitrogens is 1. The van der Waals surface area contributed by atoms with Crippen LogP contribution in [0.25, 0.3) is 5.57 Å². The number of aryl methyl sites for hydroxylation is 1. The summed E-state index contributed by atoms with van der Waals surface area (Å²) in [4.78, 5) is 3.34. The fraction of sp³-hybridized carbons (Fsp3) is 0.227. The molecule has 2 N–H and O–H groups in total. The van der Waals surface area contributed by atoms with E-state index in [9.17, 15) is 10.5 Å². The molecule has 4 heteroatoms. The first-order chi connectivity index (χ1) is 12.3. The Labute approximate surface area is 154 Å². The van der Waals surface area contributed by atoms with Crippen molar-refractivity contribution in [2.45, 2.75) is 34.6 Å². The molecule has 26 heavy (non-hydrogen) atoms. The third kappa shape index (κ3) is 3.36. The average molecular weight is 342 g/mol. The van der Waals surface area contributed by atoms with Gasteiger partial charge in [-0.25, -0.2) is 0 Å². The van der Waals surface area contributed by atoms with Gasteiger partial charge in [0.15, 0.2) is 0 Å². The third-order valence-corrected chi connectivity index (χ3v) is 4.66. The molecule has 0 amide bonds. The maximum Gasteiger partial charge on any atom is 0.101 e. The van der Waals surface area contributed by atoms with Crippen molar-refractivity contribution in [2.24, 2.45) is 0 Å². The van der Waals surface area contributed by atoms with E-state index in [1.165, 1.54) is 0 Å². The van der Waals surface area contributed by atoms with Crippen LogP contribution in [-0.4, -0.2) is 10.7 Å². The molecule has 0 aliphatic carbocycles. The summed E-state index contributed by atoms with van der Waals surface area (Å²) in [5.41, 5.74) is 7.47. The molecule has 0 aliphatic rings. The van der Waals surface area contributed by atoms with Crippen LogP contribution in [0.2, 0.25) is 0 Å². The zero-order valence-corrected chi connectivity index (χ0v) is 15.8. The lowest BCUT2D eigenvalue weighted by Crippen LogP contribution is -2.02. The molecule has 0 aliphatic heterocycles. The summed E-state index contributed by atoms with van der Waals surface area (Å²) >= 11 is 0. The van der Waals surface area contributed by atoms with Crippen molar-refractivity contribution in [1.29, 1.82) is 15.9 Å². The van der Waals surface area contributed by atoms with Crippen molar-refractivity contribution in [3.05, 3.63) is 75.1 Å². The summed E-state index contributed by atoms with van der Waals surface area (Å²) in [6.07, 6.45) is 0. The highest BCUT2D eigenvalue weighted by Crippen LogP contribution is 2.34. The first-order valence-corrected chi connectivity index (χ1v) is 8.36. The second-order valence-corrected chi connectivity index (χ2v) is 6.34. The van der Waals surface area contributed by atoms with Crippen LogP contribution in [0.15, 0.2) is 47.1 Å². The van der Waals surface area contributed by atoms with Crippen LogP contribution in [0.3, 0.4) is 0 Å². The predicted molar refractivity (Wildman–Crippen MR) is 105 cm³/mol. The molecule has 130 valence electrons. The van der Waals surface area contributed by atoms with E-state index >= 15 is 0 Å². The minimum atomic E-state index is 0.244. The van der Waals surface area contributed by atoms with E-state index in [1.807, 2.05) is 58.0 Å². The smallest absolute Gasteiger partial charge is 0.101 e. The van der Waals surface area contributed by atoms with E-state index in [4.69, 9.17) is 5.41 Å². The monoisotopic (exact) mass is 342 g/mol. The molecule has 0 spiro atoms. The quantitative estimate of drug-likeness (QED) is 0.454. The number of nitrogens with zero attached hydrogens (tertiary/aromatic N) is 2. The van der Waals surface area contributed by atoms with E-state index in [2.05, 4.69) is 17.1 Å². The Balaban J connectivity index is 2.91. The van der Waals surface area contributed by atoms with Gasteiger partial charge in [-0.15, -0.1) is 0 Å².